The van der Waals surface area contributed by atoms with E-state index < -0.39 is 11.9 Å². The lowest BCUT2D eigenvalue weighted by atomic mass is 10.3. The average molecular weight is 264 g/mol. The van der Waals surface area contributed by atoms with Gasteiger partial charge in [-0.3, -0.25) is 0 Å². The highest BCUT2D eigenvalue weighted by Gasteiger charge is 2.39. The van der Waals surface area contributed by atoms with Crippen molar-refractivity contribution in [3.05, 3.63) is 15.6 Å². The highest BCUT2D eigenvalue weighted by atomic mass is 32.1. The smallest absolute Gasteiger partial charge is 0.312 e. The Bertz CT molecular complexity index is 383. The molecule has 1 heterocycles. The van der Waals surface area contributed by atoms with E-state index in [0.717, 1.165) is 25.8 Å². The summed E-state index contributed by atoms with van der Waals surface area (Å²) < 4.78 is 38.3. The fraction of sp³-hybridized carbons (Fsp3) is 0.727. The number of rotatable bonds is 5. The van der Waals surface area contributed by atoms with Gasteiger partial charge in [0.25, 0.3) is 0 Å². The molecule has 1 saturated carbocycles. The van der Waals surface area contributed by atoms with E-state index in [1.807, 2.05) is 6.92 Å². The summed E-state index contributed by atoms with van der Waals surface area (Å²) in [5.74, 6) is 0.279. The molecule has 0 atom stereocenters. The van der Waals surface area contributed by atoms with Crippen LogP contribution in [0.25, 0.3) is 0 Å². The second-order valence-electron chi connectivity index (χ2n) is 4.27. The molecule has 0 bridgehead atoms. The summed E-state index contributed by atoms with van der Waals surface area (Å²) in [5.41, 5.74) is -0.687. The molecule has 0 amide bonds. The van der Waals surface area contributed by atoms with Crippen LogP contribution < -0.4 is 5.32 Å². The van der Waals surface area contributed by atoms with Gasteiger partial charge in [-0.2, -0.15) is 13.2 Å². The Kier molecular flexibility index (Phi) is 3.73. The van der Waals surface area contributed by atoms with Crippen LogP contribution in [0.4, 0.5) is 13.2 Å². The van der Waals surface area contributed by atoms with Crippen molar-refractivity contribution in [1.29, 1.82) is 0 Å². The normalized spacial score (nSPS) is 16.5. The van der Waals surface area contributed by atoms with Crippen LogP contribution in [-0.2, 0) is 12.7 Å². The maximum atomic E-state index is 12.8. The first kappa shape index (κ1) is 12.8. The lowest BCUT2D eigenvalue weighted by Crippen LogP contribution is -2.17. The molecule has 0 aromatic carbocycles. The van der Waals surface area contributed by atoms with E-state index >= 15 is 0 Å². The number of nitrogens with zero attached hydrogens (tertiary/aromatic N) is 1. The van der Waals surface area contributed by atoms with Gasteiger partial charge in [0, 0.05) is 12.5 Å². The molecule has 2 nitrogen and oxygen atoms in total. The van der Waals surface area contributed by atoms with E-state index in [4.69, 9.17) is 0 Å². The zero-order valence-corrected chi connectivity index (χ0v) is 10.4. The van der Waals surface area contributed by atoms with Crippen molar-refractivity contribution in [1.82, 2.24) is 10.3 Å². The SMILES string of the molecule is CCCNCc1sc(C2CC2)nc1C(F)(F)F. The molecule has 96 valence electrons. The molecule has 0 aliphatic heterocycles. The Hall–Kier alpha value is -0.620. The van der Waals surface area contributed by atoms with Crippen LogP contribution >= 0.6 is 11.3 Å². The number of aromatic nitrogens is 1. The van der Waals surface area contributed by atoms with Gasteiger partial charge < -0.3 is 5.32 Å². The quantitative estimate of drug-likeness (QED) is 0.823. The zero-order chi connectivity index (χ0) is 12.5. The molecule has 1 N–H and O–H groups in total. The molecule has 0 unspecified atom stereocenters. The van der Waals surface area contributed by atoms with Gasteiger partial charge in [-0.1, -0.05) is 6.92 Å². The van der Waals surface area contributed by atoms with E-state index in [9.17, 15) is 13.2 Å². The van der Waals surface area contributed by atoms with Gasteiger partial charge in [0.05, 0.1) is 9.88 Å². The minimum absolute atomic E-state index is 0.271. The van der Waals surface area contributed by atoms with Crippen LogP contribution in [0.15, 0.2) is 0 Å². The third kappa shape index (κ3) is 3.19. The topological polar surface area (TPSA) is 24.9 Å². The largest absolute Gasteiger partial charge is 0.434 e. The monoisotopic (exact) mass is 264 g/mol. The highest BCUT2D eigenvalue weighted by molar-refractivity contribution is 7.11. The minimum atomic E-state index is -4.33. The Morgan fingerprint density at radius 3 is 2.65 bits per heavy atom. The number of nitrogens with one attached hydrogen (secondary N) is 1. The van der Waals surface area contributed by atoms with Crippen LogP contribution in [0, 0.1) is 0 Å². The fourth-order valence-electron chi connectivity index (χ4n) is 1.59. The predicted octanol–water partition coefficient (Wildman–Crippen LogP) is 3.54. The number of hydrogen-bond acceptors (Lipinski definition) is 3. The number of halogens is 3. The van der Waals surface area contributed by atoms with Gasteiger partial charge in [-0.25, -0.2) is 4.98 Å². The van der Waals surface area contributed by atoms with Crippen LogP contribution in [0.1, 0.15) is 47.7 Å². The second-order valence-corrected chi connectivity index (χ2v) is 5.39. The fourth-order valence-corrected chi connectivity index (χ4v) is 2.82. The van der Waals surface area contributed by atoms with Gasteiger partial charge in [0.15, 0.2) is 5.69 Å². The molecule has 1 aromatic rings. The second kappa shape index (κ2) is 4.94. The maximum Gasteiger partial charge on any atom is 0.434 e. The lowest BCUT2D eigenvalue weighted by Gasteiger charge is -2.06. The van der Waals surface area contributed by atoms with E-state index in [-0.39, 0.29) is 12.5 Å². The van der Waals surface area contributed by atoms with Crippen molar-refractivity contribution in [3.8, 4) is 0 Å². The molecule has 17 heavy (non-hydrogen) atoms. The van der Waals surface area contributed by atoms with Crippen molar-refractivity contribution < 1.29 is 13.2 Å². The first-order valence-corrected chi connectivity index (χ1v) is 6.61. The highest BCUT2D eigenvalue weighted by Crippen LogP contribution is 2.45. The van der Waals surface area contributed by atoms with Gasteiger partial charge in [0.2, 0.25) is 0 Å². The van der Waals surface area contributed by atoms with Crippen molar-refractivity contribution >= 4 is 11.3 Å². The summed E-state index contributed by atoms with van der Waals surface area (Å²) in [4.78, 5) is 4.10. The number of alkyl halides is 3. The van der Waals surface area contributed by atoms with Crippen molar-refractivity contribution in [3.63, 3.8) is 0 Å². The summed E-state index contributed by atoms with van der Waals surface area (Å²) in [5, 5.41) is 3.66. The van der Waals surface area contributed by atoms with Gasteiger partial charge in [-0.15, -0.1) is 11.3 Å². The van der Waals surface area contributed by atoms with E-state index in [1.165, 1.54) is 11.3 Å². The Balaban J connectivity index is 2.15. The molecular weight excluding hydrogens is 249 g/mol. The molecule has 0 radical (unpaired) electrons. The van der Waals surface area contributed by atoms with E-state index in [0.29, 0.717) is 9.88 Å². The van der Waals surface area contributed by atoms with E-state index in [1.54, 1.807) is 0 Å². The molecule has 1 aliphatic rings. The van der Waals surface area contributed by atoms with Gasteiger partial charge >= 0.3 is 6.18 Å². The average Bonchev–Trinajstić information content (AvgIpc) is 2.99. The number of hydrogen-bond donors (Lipinski definition) is 1. The summed E-state index contributed by atoms with van der Waals surface area (Å²) in [6.45, 7) is 2.99. The van der Waals surface area contributed by atoms with Crippen LogP contribution in [-0.4, -0.2) is 11.5 Å². The molecule has 1 aromatic heterocycles. The molecule has 6 heteroatoms. The third-order valence-corrected chi connectivity index (χ3v) is 3.84. The molecule has 0 spiro atoms. The molecular formula is C11H15F3N2S. The van der Waals surface area contributed by atoms with Crippen molar-refractivity contribution in [2.75, 3.05) is 6.54 Å². The summed E-state index contributed by atoms with van der Waals surface area (Å²) >= 11 is 1.21. The standard InChI is InChI=1S/C11H15F3N2S/c1-2-5-15-6-8-9(11(12,13)14)16-10(17-8)7-3-4-7/h7,15H,2-6H2,1H3. The van der Waals surface area contributed by atoms with Crippen molar-refractivity contribution in [2.45, 2.75) is 44.8 Å². The van der Waals surface area contributed by atoms with E-state index in [2.05, 4.69) is 10.3 Å². The van der Waals surface area contributed by atoms with Gasteiger partial charge in [-0.05, 0) is 25.8 Å². The van der Waals surface area contributed by atoms with Crippen molar-refractivity contribution in [2.24, 2.45) is 0 Å². The summed E-state index contributed by atoms with van der Waals surface area (Å²) in [6.07, 6.45) is -1.46. The zero-order valence-electron chi connectivity index (χ0n) is 9.60. The van der Waals surface area contributed by atoms with Crippen LogP contribution in [0.3, 0.4) is 0 Å². The number of thiazole rings is 1. The minimum Gasteiger partial charge on any atom is -0.312 e. The molecule has 1 fully saturated rings. The first-order valence-electron chi connectivity index (χ1n) is 5.80. The summed E-state index contributed by atoms with van der Waals surface area (Å²) in [6, 6.07) is 0. The summed E-state index contributed by atoms with van der Waals surface area (Å²) in [7, 11) is 0. The Labute approximate surface area is 102 Å². The molecule has 2 rings (SSSR count). The Morgan fingerprint density at radius 1 is 1.41 bits per heavy atom. The predicted molar refractivity (Wildman–Crippen MR) is 61.1 cm³/mol. The first-order chi connectivity index (χ1) is 8.02. The van der Waals surface area contributed by atoms with Crippen LogP contribution in [0.5, 0.6) is 0 Å². The van der Waals surface area contributed by atoms with Gasteiger partial charge in [0.1, 0.15) is 0 Å². The van der Waals surface area contributed by atoms with Crippen LogP contribution in [0.2, 0.25) is 0 Å². The lowest BCUT2D eigenvalue weighted by molar-refractivity contribution is -0.141. The Morgan fingerprint density at radius 2 is 2.12 bits per heavy atom. The molecule has 0 saturated heterocycles. The third-order valence-electron chi connectivity index (χ3n) is 2.62. The maximum absolute atomic E-state index is 12.8. The molecule has 1 aliphatic carbocycles.